The average molecular weight is 168 g/mol. The van der Waals surface area contributed by atoms with E-state index in [0.29, 0.717) is 12.0 Å². The summed E-state index contributed by atoms with van der Waals surface area (Å²) in [6.45, 7) is 2.55. The maximum Gasteiger partial charge on any atom is 0.219 e. The van der Waals surface area contributed by atoms with Crippen LogP contribution >= 0.6 is 0 Å². The minimum Gasteiger partial charge on any atom is -0.338 e. The number of amides is 1. The minimum atomic E-state index is 0.183. The van der Waals surface area contributed by atoms with Crippen LogP contribution in [0.3, 0.4) is 0 Å². The van der Waals surface area contributed by atoms with E-state index in [0.717, 1.165) is 13.0 Å². The highest BCUT2D eigenvalue weighted by Gasteiger charge is 2.41. The first-order valence-electron chi connectivity index (χ1n) is 4.73. The van der Waals surface area contributed by atoms with E-state index in [1.54, 1.807) is 6.92 Å². The number of hydrogen-bond acceptors (Lipinski definition) is 2. The second-order valence-corrected chi connectivity index (χ2v) is 3.98. The Morgan fingerprint density at radius 2 is 2.17 bits per heavy atom. The fraction of sp³-hybridized carbons (Fsp3) is 0.889. The van der Waals surface area contributed by atoms with Gasteiger partial charge in [0.1, 0.15) is 0 Å². The van der Waals surface area contributed by atoms with Crippen molar-refractivity contribution >= 4 is 5.91 Å². The minimum absolute atomic E-state index is 0.183. The normalized spacial score (nSPS) is 31.2. The lowest BCUT2D eigenvalue weighted by Crippen LogP contribution is -2.59. The van der Waals surface area contributed by atoms with Crippen molar-refractivity contribution in [3.63, 3.8) is 0 Å². The molecule has 2 atom stereocenters. The van der Waals surface area contributed by atoms with Gasteiger partial charge in [0.05, 0.1) is 0 Å². The summed E-state index contributed by atoms with van der Waals surface area (Å²) in [6, 6.07) is 0.609. The Hall–Kier alpha value is -0.570. The molecular formula is C9H16N2O. The van der Waals surface area contributed by atoms with Crippen LogP contribution in [0, 0.1) is 5.92 Å². The number of nitrogens with two attached hydrogens (primary N) is 1. The highest BCUT2D eigenvalue weighted by Crippen LogP contribution is 2.36. The highest BCUT2D eigenvalue weighted by atomic mass is 16.2. The van der Waals surface area contributed by atoms with Crippen LogP contribution in [0.2, 0.25) is 0 Å². The van der Waals surface area contributed by atoms with E-state index in [9.17, 15) is 4.79 Å². The molecule has 1 saturated carbocycles. The van der Waals surface area contributed by atoms with Crippen molar-refractivity contribution in [2.24, 2.45) is 11.7 Å². The smallest absolute Gasteiger partial charge is 0.219 e. The summed E-state index contributed by atoms with van der Waals surface area (Å²) in [4.78, 5) is 13.0. The molecule has 2 rings (SSSR count). The first-order valence-corrected chi connectivity index (χ1v) is 4.73. The molecule has 2 fully saturated rings. The summed E-state index contributed by atoms with van der Waals surface area (Å²) in [5, 5.41) is 0. The monoisotopic (exact) mass is 168 g/mol. The number of hydrogen-bond donors (Lipinski definition) is 1. The van der Waals surface area contributed by atoms with Gasteiger partial charge in [-0.05, 0) is 25.2 Å². The first kappa shape index (κ1) is 8.05. The summed E-state index contributed by atoms with van der Waals surface area (Å²) in [7, 11) is 0. The van der Waals surface area contributed by atoms with Crippen LogP contribution in [0.5, 0.6) is 0 Å². The van der Waals surface area contributed by atoms with Crippen LogP contribution in [0.4, 0.5) is 0 Å². The molecule has 1 aliphatic carbocycles. The largest absolute Gasteiger partial charge is 0.338 e. The molecule has 0 spiro atoms. The van der Waals surface area contributed by atoms with Crippen molar-refractivity contribution in [3.8, 4) is 0 Å². The van der Waals surface area contributed by atoms with Gasteiger partial charge in [0.2, 0.25) is 5.91 Å². The average Bonchev–Trinajstić information content (AvgIpc) is 2.62. The van der Waals surface area contributed by atoms with E-state index in [4.69, 9.17) is 5.73 Å². The van der Waals surface area contributed by atoms with Crippen molar-refractivity contribution in [2.75, 3.05) is 6.54 Å². The van der Waals surface area contributed by atoms with E-state index in [-0.39, 0.29) is 11.9 Å². The van der Waals surface area contributed by atoms with Crippen molar-refractivity contribution in [1.82, 2.24) is 4.90 Å². The lowest BCUT2D eigenvalue weighted by atomic mass is 9.92. The molecule has 12 heavy (non-hydrogen) atoms. The summed E-state index contributed by atoms with van der Waals surface area (Å²) in [5.74, 6) is 0.888. The van der Waals surface area contributed by atoms with Crippen LogP contribution < -0.4 is 5.73 Å². The van der Waals surface area contributed by atoms with E-state index in [1.165, 1.54) is 12.8 Å². The summed E-state index contributed by atoms with van der Waals surface area (Å²) >= 11 is 0. The van der Waals surface area contributed by atoms with E-state index < -0.39 is 0 Å². The zero-order valence-corrected chi connectivity index (χ0v) is 7.49. The Morgan fingerprint density at radius 3 is 2.50 bits per heavy atom. The van der Waals surface area contributed by atoms with E-state index >= 15 is 0 Å². The third kappa shape index (κ3) is 1.22. The zero-order chi connectivity index (χ0) is 8.72. The molecule has 0 aromatic carbocycles. The summed E-state index contributed by atoms with van der Waals surface area (Å²) in [6.07, 6.45) is 3.64. The van der Waals surface area contributed by atoms with E-state index in [1.807, 2.05) is 4.90 Å². The van der Waals surface area contributed by atoms with Crippen LogP contribution in [-0.2, 0) is 4.79 Å². The van der Waals surface area contributed by atoms with Gasteiger partial charge in [0.25, 0.3) is 0 Å². The van der Waals surface area contributed by atoms with Gasteiger partial charge in [0, 0.05) is 25.6 Å². The number of rotatable bonds is 2. The van der Waals surface area contributed by atoms with Gasteiger partial charge < -0.3 is 10.6 Å². The number of likely N-dealkylation sites (tertiary alicyclic amines) is 1. The van der Waals surface area contributed by atoms with Crippen LogP contribution in [0.25, 0.3) is 0 Å². The molecule has 2 N–H and O–H groups in total. The molecule has 1 amide bonds. The predicted octanol–water partition coefficient (Wildman–Crippen LogP) is 0.344. The van der Waals surface area contributed by atoms with Gasteiger partial charge in [-0.15, -0.1) is 0 Å². The fourth-order valence-electron chi connectivity index (χ4n) is 1.99. The third-order valence-corrected chi connectivity index (χ3v) is 3.08. The molecule has 1 aliphatic heterocycles. The molecular weight excluding hydrogens is 152 g/mol. The predicted molar refractivity (Wildman–Crippen MR) is 46.5 cm³/mol. The molecule has 0 aromatic heterocycles. The maximum absolute atomic E-state index is 11.1. The zero-order valence-electron chi connectivity index (χ0n) is 7.49. The standard InChI is InChI=1S/C9H16N2O/c1-6(12)11-5-4-8(11)9(10)7-2-3-7/h7-9H,2-5,10H2,1H3. The molecule has 2 unspecified atom stereocenters. The van der Waals surface area contributed by atoms with Crippen molar-refractivity contribution < 1.29 is 4.79 Å². The first-order chi connectivity index (χ1) is 5.70. The summed E-state index contributed by atoms with van der Waals surface area (Å²) < 4.78 is 0. The Balaban J connectivity index is 1.91. The van der Waals surface area contributed by atoms with Gasteiger partial charge in [-0.3, -0.25) is 4.79 Å². The molecule has 0 radical (unpaired) electrons. The molecule has 2 aliphatic rings. The lowest BCUT2D eigenvalue weighted by molar-refractivity contribution is -0.137. The third-order valence-electron chi connectivity index (χ3n) is 3.08. The number of nitrogens with zero attached hydrogens (tertiary/aromatic N) is 1. The maximum atomic E-state index is 11.1. The number of carbonyl (C=O) groups excluding carboxylic acids is 1. The van der Waals surface area contributed by atoms with Gasteiger partial charge in [-0.25, -0.2) is 0 Å². The quantitative estimate of drug-likeness (QED) is 0.646. The van der Waals surface area contributed by atoms with Crippen LogP contribution in [0.15, 0.2) is 0 Å². The Labute approximate surface area is 72.9 Å². The Morgan fingerprint density at radius 1 is 1.50 bits per heavy atom. The Kier molecular flexibility index (Phi) is 1.83. The second-order valence-electron chi connectivity index (χ2n) is 3.98. The topological polar surface area (TPSA) is 46.3 Å². The SMILES string of the molecule is CC(=O)N1CCC1C(N)C1CC1. The van der Waals surface area contributed by atoms with Gasteiger partial charge >= 0.3 is 0 Å². The Bertz CT molecular complexity index is 201. The molecule has 3 heteroatoms. The van der Waals surface area contributed by atoms with Crippen molar-refractivity contribution in [1.29, 1.82) is 0 Å². The fourth-order valence-corrected chi connectivity index (χ4v) is 1.99. The van der Waals surface area contributed by atoms with Crippen LogP contribution in [0.1, 0.15) is 26.2 Å². The molecule has 0 aromatic rings. The lowest BCUT2D eigenvalue weighted by Gasteiger charge is -2.44. The highest BCUT2D eigenvalue weighted by molar-refractivity contribution is 5.74. The molecule has 3 nitrogen and oxygen atoms in total. The molecule has 1 saturated heterocycles. The van der Waals surface area contributed by atoms with Gasteiger partial charge in [-0.1, -0.05) is 0 Å². The van der Waals surface area contributed by atoms with Crippen molar-refractivity contribution in [3.05, 3.63) is 0 Å². The van der Waals surface area contributed by atoms with E-state index in [2.05, 4.69) is 0 Å². The van der Waals surface area contributed by atoms with Crippen LogP contribution in [-0.4, -0.2) is 29.4 Å². The summed E-state index contributed by atoms with van der Waals surface area (Å²) in [5.41, 5.74) is 6.02. The second kappa shape index (κ2) is 2.73. The van der Waals surface area contributed by atoms with Gasteiger partial charge in [-0.2, -0.15) is 0 Å². The number of carbonyl (C=O) groups is 1. The van der Waals surface area contributed by atoms with Gasteiger partial charge in [0.15, 0.2) is 0 Å². The van der Waals surface area contributed by atoms with Crippen molar-refractivity contribution in [2.45, 2.75) is 38.3 Å². The molecule has 68 valence electrons. The molecule has 0 bridgehead atoms. The molecule has 1 heterocycles.